The van der Waals surface area contributed by atoms with Gasteiger partial charge in [-0.1, -0.05) is 31.4 Å². The monoisotopic (exact) mass is 317 g/mol. The predicted molar refractivity (Wildman–Crippen MR) is 89.6 cm³/mol. The van der Waals surface area contributed by atoms with Crippen molar-refractivity contribution in [3.8, 4) is 5.75 Å². The molecule has 0 spiro atoms. The SMILES string of the molecule is O=C(O)[C@H]1CCCN1Cc1cccc(OCC2CCCCC2)c1. The highest BCUT2D eigenvalue weighted by molar-refractivity contribution is 5.73. The first kappa shape index (κ1) is 16.3. The van der Waals surface area contributed by atoms with Gasteiger partial charge in [0.2, 0.25) is 0 Å². The normalized spacial score (nSPS) is 23.0. The van der Waals surface area contributed by atoms with Crippen LogP contribution >= 0.6 is 0 Å². The number of nitrogens with zero attached hydrogens (tertiary/aromatic N) is 1. The molecule has 0 radical (unpaired) electrons. The molecule has 1 saturated carbocycles. The molecular formula is C19H27NO3. The van der Waals surface area contributed by atoms with Gasteiger partial charge in [0.15, 0.2) is 0 Å². The number of aliphatic carboxylic acids is 1. The van der Waals surface area contributed by atoms with Crippen LogP contribution in [0.4, 0.5) is 0 Å². The van der Waals surface area contributed by atoms with Crippen molar-refractivity contribution >= 4 is 5.97 Å². The summed E-state index contributed by atoms with van der Waals surface area (Å²) in [6.45, 7) is 2.37. The van der Waals surface area contributed by atoms with Gasteiger partial charge in [-0.05, 0) is 55.8 Å². The number of carboxylic acids is 1. The van der Waals surface area contributed by atoms with Gasteiger partial charge < -0.3 is 9.84 Å². The highest BCUT2D eigenvalue weighted by Gasteiger charge is 2.30. The summed E-state index contributed by atoms with van der Waals surface area (Å²) in [6, 6.07) is 7.81. The smallest absolute Gasteiger partial charge is 0.320 e. The van der Waals surface area contributed by atoms with Crippen LogP contribution < -0.4 is 4.74 Å². The van der Waals surface area contributed by atoms with Crippen LogP contribution in [0.1, 0.15) is 50.5 Å². The van der Waals surface area contributed by atoms with E-state index in [0.29, 0.717) is 12.5 Å². The average Bonchev–Trinajstić information content (AvgIpc) is 3.03. The molecule has 4 heteroatoms. The van der Waals surface area contributed by atoms with Crippen LogP contribution in [0, 0.1) is 5.92 Å². The van der Waals surface area contributed by atoms with Crippen LogP contribution in [0.3, 0.4) is 0 Å². The molecule has 0 aromatic heterocycles. The number of benzene rings is 1. The molecule has 3 rings (SSSR count). The summed E-state index contributed by atoms with van der Waals surface area (Å²) in [4.78, 5) is 13.3. The lowest BCUT2D eigenvalue weighted by Gasteiger charge is -2.23. The van der Waals surface area contributed by atoms with Crippen molar-refractivity contribution in [1.82, 2.24) is 4.90 Å². The number of carboxylic acid groups (broad SMARTS) is 1. The molecule has 1 heterocycles. The van der Waals surface area contributed by atoms with E-state index in [0.717, 1.165) is 37.3 Å². The molecule has 4 nitrogen and oxygen atoms in total. The first-order valence-corrected chi connectivity index (χ1v) is 8.91. The Morgan fingerprint density at radius 3 is 2.78 bits per heavy atom. The summed E-state index contributed by atoms with van der Waals surface area (Å²) in [7, 11) is 0. The Morgan fingerprint density at radius 2 is 2.00 bits per heavy atom. The van der Waals surface area contributed by atoms with Crippen molar-refractivity contribution in [2.24, 2.45) is 5.92 Å². The molecular weight excluding hydrogens is 290 g/mol. The lowest BCUT2D eigenvalue weighted by molar-refractivity contribution is -0.142. The van der Waals surface area contributed by atoms with Crippen molar-refractivity contribution in [3.05, 3.63) is 29.8 Å². The molecule has 1 atom stereocenters. The molecule has 1 aromatic rings. The van der Waals surface area contributed by atoms with Gasteiger partial charge in [-0.15, -0.1) is 0 Å². The molecule has 2 fully saturated rings. The van der Waals surface area contributed by atoms with E-state index >= 15 is 0 Å². The van der Waals surface area contributed by atoms with Crippen molar-refractivity contribution in [2.75, 3.05) is 13.2 Å². The summed E-state index contributed by atoms with van der Waals surface area (Å²) in [6.07, 6.45) is 8.33. The van der Waals surface area contributed by atoms with Gasteiger partial charge in [-0.3, -0.25) is 9.69 Å². The van der Waals surface area contributed by atoms with Gasteiger partial charge >= 0.3 is 5.97 Å². The largest absolute Gasteiger partial charge is 0.493 e. The minimum absolute atomic E-state index is 0.332. The fraction of sp³-hybridized carbons (Fsp3) is 0.632. The molecule has 0 bridgehead atoms. The number of rotatable bonds is 6. The Kier molecular flexibility index (Phi) is 5.55. The van der Waals surface area contributed by atoms with Crippen LogP contribution in [-0.4, -0.2) is 35.2 Å². The van der Waals surface area contributed by atoms with Gasteiger partial charge in [0, 0.05) is 6.54 Å². The maximum atomic E-state index is 11.3. The fourth-order valence-corrected chi connectivity index (χ4v) is 3.83. The van der Waals surface area contributed by atoms with E-state index in [9.17, 15) is 9.90 Å². The standard InChI is InChI=1S/C19H27NO3/c21-19(22)18-10-5-11-20(18)13-16-8-4-9-17(12-16)23-14-15-6-2-1-3-7-15/h4,8-9,12,15,18H,1-3,5-7,10-11,13-14H2,(H,21,22)/t18-/m1/s1. The summed E-state index contributed by atoms with van der Waals surface area (Å²) in [5.74, 6) is 0.911. The lowest BCUT2D eigenvalue weighted by Crippen LogP contribution is -2.35. The molecule has 1 aliphatic carbocycles. The summed E-state index contributed by atoms with van der Waals surface area (Å²) >= 11 is 0. The molecule has 2 aliphatic rings. The minimum Gasteiger partial charge on any atom is -0.493 e. The highest BCUT2D eigenvalue weighted by Crippen LogP contribution is 2.26. The van der Waals surface area contributed by atoms with Gasteiger partial charge in [-0.25, -0.2) is 0 Å². The zero-order chi connectivity index (χ0) is 16.1. The van der Waals surface area contributed by atoms with E-state index < -0.39 is 5.97 Å². The van der Waals surface area contributed by atoms with Crippen molar-refractivity contribution in [1.29, 1.82) is 0 Å². The van der Waals surface area contributed by atoms with Crippen LogP contribution in [0.5, 0.6) is 5.75 Å². The second kappa shape index (κ2) is 7.82. The summed E-state index contributed by atoms with van der Waals surface area (Å²) in [5.41, 5.74) is 1.14. The Labute approximate surface area is 138 Å². The number of likely N-dealkylation sites (tertiary alicyclic amines) is 1. The van der Waals surface area contributed by atoms with Gasteiger partial charge in [0.25, 0.3) is 0 Å². The Bertz CT molecular complexity index is 525. The third-order valence-corrected chi connectivity index (χ3v) is 5.14. The molecule has 1 N–H and O–H groups in total. The number of hydrogen-bond donors (Lipinski definition) is 1. The lowest BCUT2D eigenvalue weighted by atomic mass is 9.90. The molecule has 1 saturated heterocycles. The maximum absolute atomic E-state index is 11.3. The van der Waals surface area contributed by atoms with E-state index in [2.05, 4.69) is 17.0 Å². The van der Waals surface area contributed by atoms with Crippen LogP contribution in [0.2, 0.25) is 0 Å². The highest BCUT2D eigenvalue weighted by atomic mass is 16.5. The minimum atomic E-state index is -0.702. The third-order valence-electron chi connectivity index (χ3n) is 5.14. The molecule has 23 heavy (non-hydrogen) atoms. The molecule has 0 unspecified atom stereocenters. The van der Waals surface area contributed by atoms with Crippen LogP contribution in [-0.2, 0) is 11.3 Å². The van der Waals surface area contributed by atoms with E-state index in [1.807, 2.05) is 12.1 Å². The number of ether oxygens (including phenoxy) is 1. The van der Waals surface area contributed by atoms with E-state index in [4.69, 9.17) is 4.74 Å². The first-order chi connectivity index (χ1) is 11.2. The van der Waals surface area contributed by atoms with E-state index in [-0.39, 0.29) is 6.04 Å². The molecule has 0 amide bonds. The Balaban J connectivity index is 1.55. The maximum Gasteiger partial charge on any atom is 0.320 e. The van der Waals surface area contributed by atoms with E-state index in [1.165, 1.54) is 32.1 Å². The van der Waals surface area contributed by atoms with Crippen LogP contribution in [0.15, 0.2) is 24.3 Å². The Morgan fingerprint density at radius 1 is 1.17 bits per heavy atom. The topological polar surface area (TPSA) is 49.8 Å². The number of hydrogen-bond acceptors (Lipinski definition) is 3. The first-order valence-electron chi connectivity index (χ1n) is 8.91. The third kappa shape index (κ3) is 4.47. The summed E-state index contributed by atoms with van der Waals surface area (Å²) in [5, 5.41) is 9.28. The van der Waals surface area contributed by atoms with Crippen molar-refractivity contribution < 1.29 is 14.6 Å². The molecule has 1 aliphatic heterocycles. The van der Waals surface area contributed by atoms with E-state index in [1.54, 1.807) is 0 Å². The number of carbonyl (C=O) groups is 1. The van der Waals surface area contributed by atoms with Gasteiger partial charge in [0.1, 0.15) is 11.8 Å². The van der Waals surface area contributed by atoms with Crippen molar-refractivity contribution in [3.63, 3.8) is 0 Å². The second-order valence-electron chi connectivity index (χ2n) is 6.93. The zero-order valence-corrected chi connectivity index (χ0v) is 13.7. The summed E-state index contributed by atoms with van der Waals surface area (Å²) < 4.78 is 5.99. The van der Waals surface area contributed by atoms with Crippen LogP contribution in [0.25, 0.3) is 0 Å². The second-order valence-corrected chi connectivity index (χ2v) is 6.93. The van der Waals surface area contributed by atoms with Gasteiger partial charge in [0.05, 0.1) is 6.61 Å². The Hall–Kier alpha value is -1.55. The van der Waals surface area contributed by atoms with Gasteiger partial charge in [-0.2, -0.15) is 0 Å². The molecule has 126 valence electrons. The molecule has 1 aromatic carbocycles. The predicted octanol–water partition coefficient (Wildman–Crippen LogP) is 3.69. The zero-order valence-electron chi connectivity index (χ0n) is 13.7. The quantitative estimate of drug-likeness (QED) is 0.869. The fourth-order valence-electron chi connectivity index (χ4n) is 3.83. The van der Waals surface area contributed by atoms with Crippen molar-refractivity contribution in [2.45, 2.75) is 57.5 Å². The average molecular weight is 317 g/mol.